The Hall–Kier alpha value is -0.320. The lowest BCUT2D eigenvalue weighted by Gasteiger charge is -2.06. The van der Waals surface area contributed by atoms with E-state index in [1.165, 1.54) is 0 Å². The van der Waals surface area contributed by atoms with Gasteiger partial charge >= 0.3 is 0 Å². The molecule has 0 aromatic carbocycles. The fourth-order valence-electron chi connectivity index (χ4n) is 0.842. The summed E-state index contributed by atoms with van der Waals surface area (Å²) in [7, 11) is 0. The summed E-state index contributed by atoms with van der Waals surface area (Å²) in [4.78, 5) is 19.1. The smallest absolute Gasteiger partial charge is 0.109 e. The first-order valence-corrected chi connectivity index (χ1v) is 5.87. The maximum absolute atomic E-state index is 8.41. The van der Waals surface area contributed by atoms with Gasteiger partial charge in [0.2, 0.25) is 0 Å². The van der Waals surface area contributed by atoms with Gasteiger partial charge in [-0.25, -0.2) is 19.6 Å². The molecule has 0 saturated heterocycles. The van der Waals surface area contributed by atoms with E-state index in [1.807, 2.05) is 0 Å². The van der Waals surface area contributed by atoms with E-state index in [9.17, 15) is 0 Å². The van der Waals surface area contributed by atoms with Gasteiger partial charge in [-0.1, -0.05) is 0 Å². The normalized spacial score (nSPS) is 11.0. The summed E-state index contributed by atoms with van der Waals surface area (Å²) >= 11 is 0. The summed E-state index contributed by atoms with van der Waals surface area (Å²) in [6, 6.07) is 0. The quantitative estimate of drug-likeness (QED) is 0.219. The lowest BCUT2D eigenvalue weighted by Crippen LogP contribution is -2.13. The third-order valence-corrected chi connectivity index (χ3v) is 1.54. The van der Waals surface area contributed by atoms with E-state index in [4.69, 9.17) is 39.9 Å². The number of aliphatic hydroxyl groups excluding tert-OH is 1. The zero-order valence-corrected chi connectivity index (χ0v) is 10.5. The predicted molar refractivity (Wildman–Crippen MR) is 61.6 cm³/mol. The van der Waals surface area contributed by atoms with Crippen LogP contribution in [-0.4, -0.2) is 71.1 Å². The molecule has 0 unspecified atom stereocenters. The Balaban J connectivity index is 2.86. The van der Waals surface area contributed by atoms with Crippen molar-refractivity contribution in [2.75, 3.05) is 66.0 Å². The van der Waals surface area contributed by atoms with E-state index in [1.54, 1.807) is 0 Å². The average Bonchev–Trinajstić information content (AvgIpc) is 2.39. The van der Waals surface area contributed by atoms with Gasteiger partial charge in [0.05, 0.1) is 33.0 Å². The molecule has 18 heavy (non-hydrogen) atoms. The van der Waals surface area contributed by atoms with E-state index in [0.717, 1.165) is 0 Å². The van der Waals surface area contributed by atoms with Crippen molar-refractivity contribution in [3.8, 4) is 0 Å². The highest BCUT2D eigenvalue weighted by Crippen LogP contribution is 1.84. The molecular formula is C10H23NO7. The van der Waals surface area contributed by atoms with Gasteiger partial charge in [0, 0.05) is 6.54 Å². The van der Waals surface area contributed by atoms with Crippen LogP contribution in [-0.2, 0) is 29.0 Å². The van der Waals surface area contributed by atoms with Crippen molar-refractivity contribution in [2.45, 2.75) is 0 Å². The Labute approximate surface area is 107 Å². The Morgan fingerprint density at radius 1 is 0.611 bits per heavy atom. The summed E-state index contributed by atoms with van der Waals surface area (Å²) in [5, 5.41) is 8.41. The average molecular weight is 269 g/mol. The number of nitrogens with two attached hydrogens (primary N) is 1. The highest BCUT2D eigenvalue weighted by molar-refractivity contribution is 4.30. The molecule has 0 amide bonds. The van der Waals surface area contributed by atoms with Crippen molar-refractivity contribution in [1.29, 1.82) is 0 Å². The van der Waals surface area contributed by atoms with Crippen LogP contribution in [0.3, 0.4) is 0 Å². The van der Waals surface area contributed by atoms with Crippen LogP contribution in [0.25, 0.3) is 0 Å². The van der Waals surface area contributed by atoms with Gasteiger partial charge in [0.15, 0.2) is 0 Å². The Morgan fingerprint density at radius 2 is 1.06 bits per heavy atom. The number of aliphatic hydroxyl groups is 1. The van der Waals surface area contributed by atoms with Gasteiger partial charge in [-0.2, -0.15) is 0 Å². The molecule has 0 heterocycles. The monoisotopic (exact) mass is 269 g/mol. The maximum atomic E-state index is 8.41. The molecule has 0 spiro atoms. The molecule has 3 N–H and O–H groups in total. The number of ether oxygens (including phenoxy) is 2. The third kappa shape index (κ3) is 15.7. The summed E-state index contributed by atoms with van der Waals surface area (Å²) in [5.74, 6) is 0. The topological polar surface area (TPSA) is 102 Å². The Morgan fingerprint density at radius 3 is 1.50 bits per heavy atom. The van der Waals surface area contributed by atoms with E-state index in [-0.39, 0.29) is 19.8 Å². The number of hydrogen-bond donors (Lipinski definition) is 2. The second kappa shape index (κ2) is 16.7. The first-order chi connectivity index (χ1) is 8.91. The highest BCUT2D eigenvalue weighted by atomic mass is 17.2. The van der Waals surface area contributed by atoms with Crippen molar-refractivity contribution in [3.05, 3.63) is 0 Å². The van der Waals surface area contributed by atoms with Crippen LogP contribution in [0, 0.1) is 0 Å². The van der Waals surface area contributed by atoms with Crippen molar-refractivity contribution in [2.24, 2.45) is 5.73 Å². The SMILES string of the molecule is NCCOCCOOCCOOCCOCCO. The molecule has 0 fully saturated rings. The van der Waals surface area contributed by atoms with Crippen molar-refractivity contribution >= 4 is 0 Å². The molecule has 0 radical (unpaired) electrons. The predicted octanol–water partition coefficient (Wildman–Crippen LogP) is -1.13. The van der Waals surface area contributed by atoms with Gasteiger partial charge < -0.3 is 20.3 Å². The summed E-state index contributed by atoms with van der Waals surface area (Å²) in [6.45, 7) is 3.27. The van der Waals surface area contributed by atoms with Gasteiger partial charge in [-0.15, -0.1) is 0 Å². The van der Waals surface area contributed by atoms with E-state index in [2.05, 4.69) is 0 Å². The van der Waals surface area contributed by atoms with Crippen LogP contribution < -0.4 is 5.73 Å². The maximum Gasteiger partial charge on any atom is 0.109 e. The molecule has 0 saturated carbocycles. The lowest BCUT2D eigenvalue weighted by molar-refractivity contribution is -0.344. The zero-order valence-electron chi connectivity index (χ0n) is 10.5. The summed E-state index contributed by atoms with van der Waals surface area (Å²) in [6.07, 6.45) is 0. The van der Waals surface area contributed by atoms with Gasteiger partial charge in [-0.3, -0.25) is 0 Å². The molecule has 0 bridgehead atoms. The minimum absolute atomic E-state index is 0.00102. The summed E-state index contributed by atoms with van der Waals surface area (Å²) < 4.78 is 10.00. The Bertz CT molecular complexity index is 134. The fourth-order valence-corrected chi connectivity index (χ4v) is 0.842. The molecular weight excluding hydrogens is 246 g/mol. The molecule has 8 heteroatoms. The van der Waals surface area contributed by atoms with Crippen LogP contribution >= 0.6 is 0 Å². The van der Waals surface area contributed by atoms with E-state index < -0.39 is 0 Å². The van der Waals surface area contributed by atoms with Gasteiger partial charge in [0.1, 0.15) is 26.4 Å². The lowest BCUT2D eigenvalue weighted by atomic mass is 10.7. The molecule has 0 aliphatic carbocycles. The van der Waals surface area contributed by atoms with Gasteiger partial charge in [-0.05, 0) is 0 Å². The van der Waals surface area contributed by atoms with Crippen LogP contribution in [0.15, 0.2) is 0 Å². The second-order valence-corrected chi connectivity index (χ2v) is 3.02. The standard InChI is InChI=1S/C10H23NO7/c11-1-3-13-5-7-15-17-9-10-18-16-8-6-14-4-2-12/h12H,1-11H2. The first-order valence-electron chi connectivity index (χ1n) is 5.87. The molecule has 0 aliphatic rings. The van der Waals surface area contributed by atoms with Crippen LogP contribution in [0.4, 0.5) is 0 Å². The van der Waals surface area contributed by atoms with E-state index >= 15 is 0 Å². The van der Waals surface area contributed by atoms with Crippen molar-refractivity contribution < 1.29 is 34.1 Å². The zero-order chi connectivity index (χ0) is 13.3. The van der Waals surface area contributed by atoms with Gasteiger partial charge in [0.25, 0.3) is 0 Å². The van der Waals surface area contributed by atoms with Crippen LogP contribution in [0.1, 0.15) is 0 Å². The highest BCUT2D eigenvalue weighted by Gasteiger charge is 1.93. The van der Waals surface area contributed by atoms with Crippen molar-refractivity contribution in [3.63, 3.8) is 0 Å². The number of hydrogen-bond acceptors (Lipinski definition) is 8. The third-order valence-electron chi connectivity index (χ3n) is 1.54. The first kappa shape index (κ1) is 17.7. The Kier molecular flexibility index (Phi) is 16.4. The second-order valence-electron chi connectivity index (χ2n) is 3.02. The minimum Gasteiger partial charge on any atom is -0.394 e. The minimum atomic E-state index is 0.00102. The number of rotatable bonds is 15. The molecule has 0 rings (SSSR count). The fraction of sp³-hybridized carbons (Fsp3) is 1.00. The van der Waals surface area contributed by atoms with Crippen LogP contribution in [0.5, 0.6) is 0 Å². The van der Waals surface area contributed by atoms with E-state index in [0.29, 0.717) is 46.2 Å². The van der Waals surface area contributed by atoms with Crippen molar-refractivity contribution in [1.82, 2.24) is 0 Å². The molecule has 0 atom stereocenters. The summed E-state index contributed by atoms with van der Waals surface area (Å²) in [5.41, 5.74) is 5.23. The van der Waals surface area contributed by atoms with Crippen LogP contribution in [0.2, 0.25) is 0 Å². The molecule has 0 aromatic heterocycles. The molecule has 8 nitrogen and oxygen atoms in total. The molecule has 110 valence electrons. The molecule has 0 aromatic rings. The largest absolute Gasteiger partial charge is 0.394 e. The molecule has 0 aliphatic heterocycles.